The first-order valence-electron chi connectivity index (χ1n) is 8.25. The molecule has 0 saturated heterocycles. The number of anilines is 2. The normalized spacial score (nSPS) is 10.7. The Morgan fingerprint density at radius 3 is 2.61 bits per heavy atom. The maximum Gasteiger partial charge on any atom is 0.260 e. The summed E-state index contributed by atoms with van der Waals surface area (Å²) >= 11 is 2.52. The number of aryl methyl sites for hydroxylation is 2. The van der Waals surface area contributed by atoms with Crippen molar-refractivity contribution in [2.45, 2.75) is 27.2 Å². The average molecular weight is 419 g/mol. The number of amides is 3. The summed E-state index contributed by atoms with van der Waals surface area (Å²) in [6, 6.07) is 1.58. The number of nitrogens with one attached hydrogen (secondary N) is 2. The van der Waals surface area contributed by atoms with Gasteiger partial charge in [-0.2, -0.15) is 0 Å². The van der Waals surface area contributed by atoms with E-state index in [0.717, 1.165) is 10.4 Å². The van der Waals surface area contributed by atoms with Crippen LogP contribution in [0.2, 0.25) is 0 Å². The molecule has 28 heavy (non-hydrogen) atoms. The molecule has 0 unspecified atom stereocenters. The van der Waals surface area contributed by atoms with Crippen molar-refractivity contribution in [2.24, 2.45) is 5.73 Å². The number of primary amides is 1. The third kappa shape index (κ3) is 4.12. The van der Waals surface area contributed by atoms with Crippen molar-refractivity contribution in [1.82, 2.24) is 4.98 Å². The minimum Gasteiger partial charge on any atom is -0.469 e. The average Bonchev–Trinajstić information content (AvgIpc) is 3.28. The molecular formula is C18H18N4O4S2. The number of carbonyl (C=O) groups is 3. The lowest BCUT2D eigenvalue weighted by molar-refractivity contribution is -0.115. The number of rotatable bonds is 6. The molecule has 3 aromatic rings. The van der Waals surface area contributed by atoms with E-state index in [0.29, 0.717) is 32.7 Å². The second-order valence-corrected chi connectivity index (χ2v) is 8.15. The molecule has 3 aromatic heterocycles. The summed E-state index contributed by atoms with van der Waals surface area (Å²) in [5.41, 5.74) is 7.45. The molecule has 0 atom stereocenters. The summed E-state index contributed by atoms with van der Waals surface area (Å²) in [6.07, 6.45) is 1.45. The van der Waals surface area contributed by atoms with Crippen molar-refractivity contribution >= 4 is 50.5 Å². The largest absolute Gasteiger partial charge is 0.469 e. The molecule has 3 amide bonds. The topological polar surface area (TPSA) is 127 Å². The Kier molecular flexibility index (Phi) is 5.61. The van der Waals surface area contributed by atoms with E-state index in [1.807, 2.05) is 6.92 Å². The highest BCUT2D eigenvalue weighted by molar-refractivity contribution is 7.16. The fourth-order valence-electron chi connectivity index (χ4n) is 2.58. The van der Waals surface area contributed by atoms with Crippen molar-refractivity contribution in [3.05, 3.63) is 50.7 Å². The molecule has 146 valence electrons. The maximum atomic E-state index is 12.3. The van der Waals surface area contributed by atoms with Crippen molar-refractivity contribution < 1.29 is 18.8 Å². The highest BCUT2D eigenvalue weighted by Crippen LogP contribution is 2.32. The van der Waals surface area contributed by atoms with Crippen molar-refractivity contribution in [3.63, 3.8) is 0 Å². The zero-order valence-electron chi connectivity index (χ0n) is 15.4. The first-order valence-corrected chi connectivity index (χ1v) is 9.95. The van der Waals surface area contributed by atoms with E-state index < -0.39 is 5.91 Å². The predicted molar refractivity (Wildman–Crippen MR) is 108 cm³/mol. The Bertz CT molecular complexity index is 1060. The molecule has 8 nitrogen and oxygen atoms in total. The number of thiazole rings is 1. The number of hydrogen-bond acceptors (Lipinski definition) is 7. The van der Waals surface area contributed by atoms with Crippen LogP contribution in [0, 0.1) is 20.8 Å². The Balaban J connectivity index is 1.65. The Morgan fingerprint density at radius 1 is 1.21 bits per heavy atom. The van der Waals surface area contributed by atoms with Crippen LogP contribution < -0.4 is 16.4 Å². The van der Waals surface area contributed by atoms with Crippen molar-refractivity contribution in [1.29, 1.82) is 0 Å². The Labute approximate surface area is 168 Å². The van der Waals surface area contributed by atoms with Crippen LogP contribution in [0.1, 0.15) is 42.6 Å². The van der Waals surface area contributed by atoms with Crippen molar-refractivity contribution in [2.75, 3.05) is 10.6 Å². The summed E-state index contributed by atoms with van der Waals surface area (Å²) in [5.74, 6) is -0.712. The maximum absolute atomic E-state index is 12.3. The van der Waals surface area contributed by atoms with E-state index in [-0.39, 0.29) is 18.2 Å². The zero-order chi connectivity index (χ0) is 20.4. The van der Waals surface area contributed by atoms with Gasteiger partial charge in [0.05, 0.1) is 29.5 Å². The lowest BCUT2D eigenvalue weighted by atomic mass is 10.1. The summed E-state index contributed by atoms with van der Waals surface area (Å²) in [7, 11) is 0. The fourth-order valence-corrected chi connectivity index (χ4v) is 4.36. The van der Waals surface area contributed by atoms with Gasteiger partial charge in [0.1, 0.15) is 10.8 Å². The first-order chi connectivity index (χ1) is 13.3. The van der Waals surface area contributed by atoms with Gasteiger partial charge in [0.25, 0.3) is 11.8 Å². The highest BCUT2D eigenvalue weighted by atomic mass is 32.1. The van der Waals surface area contributed by atoms with Crippen LogP contribution in [-0.2, 0) is 11.2 Å². The van der Waals surface area contributed by atoms with E-state index in [9.17, 15) is 14.4 Å². The summed E-state index contributed by atoms with van der Waals surface area (Å²) in [6.45, 7) is 5.35. The van der Waals surface area contributed by atoms with Crippen LogP contribution in [0.3, 0.4) is 0 Å². The second-order valence-electron chi connectivity index (χ2n) is 6.07. The minimum atomic E-state index is -0.578. The predicted octanol–water partition coefficient (Wildman–Crippen LogP) is 3.26. The third-order valence-corrected chi connectivity index (χ3v) is 6.03. The molecule has 0 saturated carbocycles. The third-order valence-electron chi connectivity index (χ3n) is 4.10. The van der Waals surface area contributed by atoms with Gasteiger partial charge in [0.2, 0.25) is 5.91 Å². The van der Waals surface area contributed by atoms with Gasteiger partial charge in [-0.3, -0.25) is 19.7 Å². The molecule has 0 aromatic carbocycles. The lowest BCUT2D eigenvalue weighted by Gasteiger charge is -2.04. The monoisotopic (exact) mass is 418 g/mol. The SMILES string of the molecule is Cc1occc1C(=O)Nc1nc(CC(=O)Nc2sc(C)c(C)c2C(N)=O)cs1. The Morgan fingerprint density at radius 2 is 1.96 bits per heavy atom. The smallest absolute Gasteiger partial charge is 0.260 e. The summed E-state index contributed by atoms with van der Waals surface area (Å²) < 4.78 is 5.11. The number of aromatic nitrogens is 1. The number of furan rings is 1. The van der Waals surface area contributed by atoms with E-state index in [1.54, 1.807) is 25.3 Å². The molecule has 0 aliphatic rings. The van der Waals surface area contributed by atoms with Crippen LogP contribution in [0.15, 0.2) is 22.1 Å². The van der Waals surface area contributed by atoms with E-state index >= 15 is 0 Å². The van der Waals surface area contributed by atoms with E-state index in [4.69, 9.17) is 10.2 Å². The number of carbonyl (C=O) groups excluding carboxylic acids is 3. The molecule has 4 N–H and O–H groups in total. The summed E-state index contributed by atoms with van der Waals surface area (Å²) in [4.78, 5) is 41.3. The quantitative estimate of drug-likeness (QED) is 0.566. The van der Waals surface area contributed by atoms with E-state index in [1.165, 1.54) is 28.9 Å². The molecule has 0 bridgehead atoms. The van der Waals surface area contributed by atoms with Gasteiger partial charge < -0.3 is 15.5 Å². The number of hydrogen-bond donors (Lipinski definition) is 3. The molecular weight excluding hydrogens is 400 g/mol. The van der Waals surface area contributed by atoms with Gasteiger partial charge in [0, 0.05) is 10.3 Å². The standard InChI is InChI=1S/C18H18N4O4S2/c1-8-10(3)28-17(14(8)15(19)24)21-13(23)6-11-7-27-18(20-11)22-16(25)12-4-5-26-9(12)2/h4-5,7H,6H2,1-3H3,(H2,19,24)(H,21,23)(H,20,22,25). The molecule has 3 heterocycles. The number of nitrogens with zero attached hydrogens (tertiary/aromatic N) is 1. The van der Waals surface area contributed by atoms with Crippen LogP contribution >= 0.6 is 22.7 Å². The van der Waals surface area contributed by atoms with Gasteiger partial charge in [0.15, 0.2) is 5.13 Å². The molecule has 0 spiro atoms. The molecule has 3 rings (SSSR count). The lowest BCUT2D eigenvalue weighted by Crippen LogP contribution is -2.18. The molecule has 0 aliphatic carbocycles. The van der Waals surface area contributed by atoms with Gasteiger partial charge in [-0.1, -0.05) is 0 Å². The number of nitrogens with two attached hydrogens (primary N) is 1. The van der Waals surface area contributed by atoms with Crippen LogP contribution in [0.25, 0.3) is 0 Å². The molecule has 0 aliphatic heterocycles. The summed E-state index contributed by atoms with van der Waals surface area (Å²) in [5, 5.41) is 7.92. The van der Waals surface area contributed by atoms with Gasteiger partial charge >= 0.3 is 0 Å². The molecule has 0 radical (unpaired) electrons. The minimum absolute atomic E-state index is 0.00526. The Hall–Kier alpha value is -2.98. The van der Waals surface area contributed by atoms with E-state index in [2.05, 4.69) is 15.6 Å². The zero-order valence-corrected chi connectivity index (χ0v) is 17.0. The van der Waals surface area contributed by atoms with Crippen LogP contribution in [0.5, 0.6) is 0 Å². The van der Waals surface area contributed by atoms with Crippen LogP contribution in [0.4, 0.5) is 10.1 Å². The number of thiophene rings is 1. The first kappa shape index (κ1) is 19.8. The van der Waals surface area contributed by atoms with Crippen molar-refractivity contribution in [3.8, 4) is 0 Å². The molecule has 10 heteroatoms. The van der Waals surface area contributed by atoms with Gasteiger partial charge in [-0.25, -0.2) is 4.98 Å². The van der Waals surface area contributed by atoms with Gasteiger partial charge in [-0.05, 0) is 32.4 Å². The fraction of sp³-hybridized carbons (Fsp3) is 0.222. The molecule has 0 fully saturated rings. The van der Waals surface area contributed by atoms with Crippen LogP contribution in [-0.4, -0.2) is 22.7 Å². The highest BCUT2D eigenvalue weighted by Gasteiger charge is 2.20. The van der Waals surface area contributed by atoms with Gasteiger partial charge in [-0.15, -0.1) is 22.7 Å². The second kappa shape index (κ2) is 7.95.